The summed E-state index contributed by atoms with van der Waals surface area (Å²) in [5, 5.41) is 12.3. The summed E-state index contributed by atoms with van der Waals surface area (Å²) in [5.74, 6) is 0.453. The first-order valence-corrected chi connectivity index (χ1v) is 6.87. The maximum absolute atomic E-state index is 11.9. The van der Waals surface area contributed by atoms with Gasteiger partial charge in [-0.25, -0.2) is 0 Å². The number of phenols is 1. The van der Waals surface area contributed by atoms with Gasteiger partial charge in [-0.3, -0.25) is 4.79 Å². The van der Waals surface area contributed by atoms with Gasteiger partial charge in [0.25, 0.3) is 5.91 Å². The van der Waals surface area contributed by atoms with E-state index in [0.717, 1.165) is 11.3 Å². The zero-order valence-corrected chi connectivity index (χ0v) is 12.2. The van der Waals surface area contributed by atoms with Crippen LogP contribution in [-0.4, -0.2) is 17.6 Å². The molecule has 0 bridgehead atoms. The van der Waals surface area contributed by atoms with Crippen LogP contribution in [0.5, 0.6) is 11.5 Å². The van der Waals surface area contributed by atoms with Crippen LogP contribution in [0.1, 0.15) is 25.3 Å². The summed E-state index contributed by atoms with van der Waals surface area (Å²) in [6, 6.07) is 14.3. The molecule has 0 aliphatic carbocycles. The van der Waals surface area contributed by atoms with Gasteiger partial charge in [-0.2, -0.15) is 0 Å². The van der Waals surface area contributed by atoms with Crippen LogP contribution < -0.4 is 10.1 Å². The van der Waals surface area contributed by atoms with Gasteiger partial charge < -0.3 is 15.2 Å². The van der Waals surface area contributed by atoms with Crippen LogP contribution in [-0.2, 0) is 4.79 Å². The number of anilines is 1. The van der Waals surface area contributed by atoms with E-state index in [2.05, 4.69) is 19.2 Å². The van der Waals surface area contributed by atoms with E-state index in [1.165, 1.54) is 6.07 Å². The Morgan fingerprint density at radius 3 is 2.67 bits per heavy atom. The lowest BCUT2D eigenvalue weighted by Gasteiger charge is -2.10. The van der Waals surface area contributed by atoms with Crippen molar-refractivity contribution in [1.29, 1.82) is 0 Å². The second-order valence-electron chi connectivity index (χ2n) is 5.08. The van der Waals surface area contributed by atoms with Crippen molar-refractivity contribution >= 4 is 11.6 Å². The second-order valence-corrected chi connectivity index (χ2v) is 5.08. The van der Waals surface area contributed by atoms with E-state index in [1.807, 2.05) is 24.3 Å². The average molecular weight is 285 g/mol. The maximum Gasteiger partial charge on any atom is 0.262 e. The number of benzene rings is 2. The second kappa shape index (κ2) is 6.79. The number of phenolic OH excluding ortho intramolecular Hbond substituents is 1. The third-order valence-electron chi connectivity index (χ3n) is 3.06. The average Bonchev–Trinajstić information content (AvgIpc) is 2.46. The van der Waals surface area contributed by atoms with Gasteiger partial charge in [-0.1, -0.05) is 38.1 Å². The molecule has 0 radical (unpaired) electrons. The molecule has 0 aliphatic rings. The summed E-state index contributed by atoms with van der Waals surface area (Å²) in [4.78, 5) is 11.9. The molecular formula is C17H19NO3. The molecule has 21 heavy (non-hydrogen) atoms. The monoisotopic (exact) mass is 285 g/mol. The summed E-state index contributed by atoms with van der Waals surface area (Å²) < 4.78 is 5.29. The van der Waals surface area contributed by atoms with Gasteiger partial charge in [0.1, 0.15) is 0 Å². The molecule has 0 saturated heterocycles. The van der Waals surface area contributed by atoms with Crippen LogP contribution in [0.2, 0.25) is 0 Å². The van der Waals surface area contributed by atoms with Gasteiger partial charge in [-0.15, -0.1) is 0 Å². The molecule has 2 aromatic rings. The Balaban J connectivity index is 1.93. The number of carbonyl (C=O) groups is 1. The number of hydrogen-bond acceptors (Lipinski definition) is 3. The van der Waals surface area contributed by atoms with Crippen LogP contribution >= 0.6 is 0 Å². The van der Waals surface area contributed by atoms with Crippen LogP contribution in [0.15, 0.2) is 48.5 Å². The molecule has 0 spiro atoms. The number of nitrogens with one attached hydrogen (secondary N) is 1. The van der Waals surface area contributed by atoms with Crippen LogP contribution in [0.25, 0.3) is 0 Å². The van der Waals surface area contributed by atoms with Crippen molar-refractivity contribution in [3.8, 4) is 11.5 Å². The van der Waals surface area contributed by atoms with Gasteiger partial charge in [0.2, 0.25) is 0 Å². The molecule has 0 atom stereocenters. The molecular weight excluding hydrogens is 266 g/mol. The van der Waals surface area contributed by atoms with Crippen LogP contribution in [0.4, 0.5) is 5.69 Å². The Morgan fingerprint density at radius 2 is 1.95 bits per heavy atom. The van der Waals surface area contributed by atoms with Crippen LogP contribution in [0.3, 0.4) is 0 Å². The van der Waals surface area contributed by atoms with Gasteiger partial charge in [0, 0.05) is 5.69 Å². The number of hydrogen-bond donors (Lipinski definition) is 2. The van der Waals surface area contributed by atoms with Crippen molar-refractivity contribution in [3.05, 3.63) is 54.1 Å². The van der Waals surface area contributed by atoms with E-state index in [9.17, 15) is 9.90 Å². The molecule has 4 heteroatoms. The van der Waals surface area contributed by atoms with Crippen molar-refractivity contribution in [1.82, 2.24) is 0 Å². The quantitative estimate of drug-likeness (QED) is 0.883. The van der Waals surface area contributed by atoms with Crippen molar-refractivity contribution in [2.24, 2.45) is 0 Å². The smallest absolute Gasteiger partial charge is 0.262 e. The minimum absolute atomic E-state index is 0.0205. The first-order chi connectivity index (χ1) is 10.1. The fourth-order valence-electron chi connectivity index (χ4n) is 1.90. The van der Waals surface area contributed by atoms with E-state index in [1.54, 1.807) is 18.2 Å². The Hall–Kier alpha value is -2.49. The molecule has 4 nitrogen and oxygen atoms in total. The molecule has 0 aromatic heterocycles. The predicted octanol–water partition coefficient (Wildman–Crippen LogP) is 3.53. The number of amides is 1. The van der Waals surface area contributed by atoms with E-state index in [0.29, 0.717) is 11.7 Å². The first-order valence-electron chi connectivity index (χ1n) is 6.87. The zero-order chi connectivity index (χ0) is 15.2. The number of aromatic hydroxyl groups is 1. The summed E-state index contributed by atoms with van der Waals surface area (Å²) in [6.07, 6.45) is 0. The highest BCUT2D eigenvalue weighted by molar-refractivity contribution is 5.92. The minimum atomic E-state index is -0.265. The number of rotatable bonds is 5. The molecule has 0 unspecified atom stereocenters. The summed E-state index contributed by atoms with van der Waals surface area (Å²) >= 11 is 0. The first kappa shape index (κ1) is 14.9. The van der Waals surface area contributed by atoms with E-state index >= 15 is 0 Å². The van der Waals surface area contributed by atoms with E-state index in [4.69, 9.17) is 4.74 Å². The fraction of sp³-hybridized carbons (Fsp3) is 0.235. The fourth-order valence-corrected chi connectivity index (χ4v) is 1.90. The zero-order valence-electron chi connectivity index (χ0n) is 12.2. The Bertz CT molecular complexity index is 623. The highest BCUT2D eigenvalue weighted by Crippen LogP contribution is 2.24. The molecule has 0 saturated carbocycles. The normalized spacial score (nSPS) is 10.4. The highest BCUT2D eigenvalue weighted by Gasteiger charge is 2.07. The van der Waals surface area contributed by atoms with E-state index in [-0.39, 0.29) is 18.3 Å². The molecule has 1 amide bonds. The van der Waals surface area contributed by atoms with Gasteiger partial charge in [0.05, 0.1) is 0 Å². The standard InChI is InChI=1S/C17H19NO3/c1-12(2)13-6-5-7-14(10-13)18-17(20)11-21-16-9-4-3-8-15(16)19/h3-10,12,19H,11H2,1-2H3,(H,18,20). The van der Waals surface area contributed by atoms with Crippen molar-refractivity contribution in [2.75, 3.05) is 11.9 Å². The van der Waals surface area contributed by atoms with Crippen molar-refractivity contribution in [3.63, 3.8) is 0 Å². The summed E-state index contributed by atoms with van der Waals surface area (Å²) in [7, 11) is 0. The Labute approximate surface area is 124 Å². The third-order valence-corrected chi connectivity index (χ3v) is 3.06. The number of ether oxygens (including phenoxy) is 1. The molecule has 2 rings (SSSR count). The van der Waals surface area contributed by atoms with Gasteiger partial charge in [-0.05, 0) is 35.7 Å². The molecule has 2 N–H and O–H groups in total. The minimum Gasteiger partial charge on any atom is -0.504 e. The molecule has 110 valence electrons. The Kier molecular flexibility index (Phi) is 4.82. The molecule has 0 heterocycles. The maximum atomic E-state index is 11.9. The number of carbonyl (C=O) groups excluding carboxylic acids is 1. The summed E-state index contributed by atoms with van der Waals surface area (Å²) in [5.41, 5.74) is 1.90. The van der Waals surface area contributed by atoms with Gasteiger partial charge >= 0.3 is 0 Å². The lowest BCUT2D eigenvalue weighted by molar-refractivity contribution is -0.118. The largest absolute Gasteiger partial charge is 0.504 e. The lowest BCUT2D eigenvalue weighted by Crippen LogP contribution is -2.20. The lowest BCUT2D eigenvalue weighted by atomic mass is 10.0. The SMILES string of the molecule is CC(C)c1cccc(NC(=O)COc2ccccc2O)c1. The molecule has 0 fully saturated rings. The third kappa shape index (κ3) is 4.24. The topological polar surface area (TPSA) is 58.6 Å². The van der Waals surface area contributed by atoms with E-state index < -0.39 is 0 Å². The Morgan fingerprint density at radius 1 is 1.19 bits per heavy atom. The van der Waals surface area contributed by atoms with Crippen molar-refractivity contribution < 1.29 is 14.6 Å². The molecule has 0 aliphatic heterocycles. The molecule has 2 aromatic carbocycles. The van der Waals surface area contributed by atoms with Gasteiger partial charge in [0.15, 0.2) is 18.1 Å². The number of para-hydroxylation sites is 2. The highest BCUT2D eigenvalue weighted by atomic mass is 16.5. The summed E-state index contributed by atoms with van der Waals surface area (Å²) in [6.45, 7) is 4.05. The predicted molar refractivity (Wildman–Crippen MR) is 82.8 cm³/mol. The van der Waals surface area contributed by atoms with Crippen molar-refractivity contribution in [2.45, 2.75) is 19.8 Å². The van der Waals surface area contributed by atoms with Crippen LogP contribution in [0, 0.1) is 0 Å².